The number of ether oxygens (including phenoxy) is 1. The monoisotopic (exact) mass is 448 g/mol. The van der Waals surface area contributed by atoms with E-state index in [9.17, 15) is 26.8 Å². The third-order valence-corrected chi connectivity index (χ3v) is 6.33. The SMILES string of the molecule is COC(=O)c1cc(NC(=O)CN(C)S(=O)(=O)c2ccc3ccccc3c2)c(F)cc1F. The first-order chi connectivity index (χ1) is 14.6. The average Bonchev–Trinajstić information content (AvgIpc) is 2.74. The Morgan fingerprint density at radius 2 is 1.68 bits per heavy atom. The number of nitrogens with one attached hydrogen (secondary N) is 1. The summed E-state index contributed by atoms with van der Waals surface area (Å²) in [5.74, 6) is -4.21. The van der Waals surface area contributed by atoms with Crippen molar-refractivity contribution in [2.24, 2.45) is 0 Å². The predicted octanol–water partition coefficient (Wildman–Crippen LogP) is 3.16. The van der Waals surface area contributed by atoms with E-state index in [1.165, 1.54) is 19.2 Å². The third-order valence-electron chi connectivity index (χ3n) is 4.53. The van der Waals surface area contributed by atoms with Crippen molar-refractivity contribution in [3.8, 4) is 0 Å². The van der Waals surface area contributed by atoms with Crippen LogP contribution in [0.15, 0.2) is 59.5 Å². The van der Waals surface area contributed by atoms with Crippen molar-refractivity contribution in [3.63, 3.8) is 0 Å². The zero-order valence-electron chi connectivity index (χ0n) is 16.6. The van der Waals surface area contributed by atoms with Crippen LogP contribution < -0.4 is 5.32 Å². The molecule has 0 bridgehead atoms. The van der Waals surface area contributed by atoms with Gasteiger partial charge in [-0.25, -0.2) is 22.0 Å². The summed E-state index contributed by atoms with van der Waals surface area (Å²) < 4.78 is 58.6. The highest BCUT2D eigenvalue weighted by atomic mass is 32.2. The average molecular weight is 448 g/mol. The Bertz CT molecular complexity index is 1280. The van der Waals surface area contributed by atoms with Gasteiger partial charge in [-0.2, -0.15) is 4.31 Å². The molecule has 0 saturated heterocycles. The Kier molecular flexibility index (Phi) is 6.32. The molecule has 3 aromatic carbocycles. The van der Waals surface area contributed by atoms with Crippen LogP contribution in [-0.2, 0) is 19.6 Å². The summed E-state index contributed by atoms with van der Waals surface area (Å²) in [5, 5.41) is 3.72. The van der Waals surface area contributed by atoms with Gasteiger partial charge in [0.1, 0.15) is 11.6 Å². The number of benzene rings is 3. The van der Waals surface area contributed by atoms with Gasteiger partial charge in [-0.1, -0.05) is 30.3 Å². The number of hydrogen-bond acceptors (Lipinski definition) is 5. The van der Waals surface area contributed by atoms with Crippen molar-refractivity contribution in [1.82, 2.24) is 4.31 Å². The van der Waals surface area contributed by atoms with Gasteiger partial charge in [-0.3, -0.25) is 4.79 Å². The second-order valence-electron chi connectivity index (χ2n) is 6.62. The van der Waals surface area contributed by atoms with Crippen molar-refractivity contribution in [2.75, 3.05) is 26.0 Å². The smallest absolute Gasteiger partial charge is 0.340 e. The van der Waals surface area contributed by atoms with Gasteiger partial charge in [0, 0.05) is 13.1 Å². The van der Waals surface area contributed by atoms with Crippen LogP contribution in [0.3, 0.4) is 0 Å². The van der Waals surface area contributed by atoms with Crippen LogP contribution >= 0.6 is 0 Å². The molecule has 0 radical (unpaired) electrons. The molecule has 0 saturated carbocycles. The van der Waals surface area contributed by atoms with E-state index in [0.717, 1.165) is 22.9 Å². The van der Waals surface area contributed by atoms with Gasteiger partial charge in [0.2, 0.25) is 15.9 Å². The summed E-state index contributed by atoms with van der Waals surface area (Å²) in [6, 6.07) is 13.0. The Hall–Kier alpha value is -3.37. The Labute approximate surface area is 177 Å². The number of sulfonamides is 1. The number of hydrogen-bond donors (Lipinski definition) is 1. The van der Waals surface area contributed by atoms with Gasteiger partial charge in [-0.15, -0.1) is 0 Å². The number of anilines is 1. The standard InChI is InChI=1S/C21H18F2N2O5S/c1-25(31(28,29)15-8-7-13-5-3-4-6-14(13)9-15)12-20(26)24-19-10-16(21(27)30-2)17(22)11-18(19)23/h3-11H,12H2,1-2H3,(H,24,26). The molecule has 1 N–H and O–H groups in total. The second-order valence-corrected chi connectivity index (χ2v) is 8.67. The van der Waals surface area contributed by atoms with Gasteiger partial charge in [0.15, 0.2) is 0 Å². The molecule has 0 aliphatic rings. The van der Waals surface area contributed by atoms with Gasteiger partial charge in [-0.05, 0) is 29.0 Å². The number of rotatable bonds is 6. The van der Waals surface area contributed by atoms with E-state index in [-0.39, 0.29) is 4.90 Å². The van der Waals surface area contributed by atoms with E-state index >= 15 is 0 Å². The van der Waals surface area contributed by atoms with E-state index < -0.39 is 51.3 Å². The molecule has 0 aromatic heterocycles. The molecule has 0 spiro atoms. The van der Waals surface area contributed by atoms with Gasteiger partial charge >= 0.3 is 5.97 Å². The van der Waals surface area contributed by atoms with E-state index in [4.69, 9.17) is 0 Å². The Balaban J connectivity index is 1.79. The molecule has 0 aliphatic carbocycles. The lowest BCUT2D eigenvalue weighted by molar-refractivity contribution is -0.116. The van der Waals surface area contributed by atoms with Gasteiger partial charge in [0.05, 0.1) is 29.8 Å². The Morgan fingerprint density at radius 1 is 1.00 bits per heavy atom. The van der Waals surface area contributed by atoms with Crippen molar-refractivity contribution in [2.45, 2.75) is 4.90 Å². The van der Waals surface area contributed by atoms with Crippen molar-refractivity contribution >= 4 is 38.4 Å². The van der Waals surface area contributed by atoms with Crippen molar-refractivity contribution < 1.29 is 31.5 Å². The number of nitrogens with zero attached hydrogens (tertiary/aromatic N) is 1. The molecule has 31 heavy (non-hydrogen) atoms. The number of methoxy groups -OCH3 is 1. The van der Waals surface area contributed by atoms with E-state index in [1.54, 1.807) is 18.2 Å². The molecule has 0 atom stereocenters. The van der Waals surface area contributed by atoms with E-state index in [1.807, 2.05) is 12.1 Å². The quantitative estimate of drug-likeness (QED) is 0.585. The van der Waals surface area contributed by atoms with Crippen molar-refractivity contribution in [1.29, 1.82) is 0 Å². The fourth-order valence-corrected chi connectivity index (χ4v) is 4.06. The van der Waals surface area contributed by atoms with Crippen LogP contribution in [0.25, 0.3) is 10.8 Å². The van der Waals surface area contributed by atoms with Gasteiger partial charge < -0.3 is 10.1 Å². The molecule has 162 valence electrons. The molecule has 0 unspecified atom stereocenters. The molecular formula is C21H18F2N2O5S. The number of carbonyl (C=O) groups is 2. The molecule has 1 amide bonds. The van der Waals surface area contributed by atoms with Crippen LogP contribution in [0, 0.1) is 11.6 Å². The number of fused-ring (bicyclic) bond motifs is 1. The summed E-state index contributed by atoms with van der Waals surface area (Å²) in [6.07, 6.45) is 0. The van der Waals surface area contributed by atoms with E-state index in [2.05, 4.69) is 10.1 Å². The minimum absolute atomic E-state index is 0.0116. The lowest BCUT2D eigenvalue weighted by Gasteiger charge is -2.17. The number of esters is 1. The first-order valence-corrected chi connectivity index (χ1v) is 10.4. The normalized spacial score (nSPS) is 11.5. The maximum atomic E-state index is 14.0. The minimum Gasteiger partial charge on any atom is -0.465 e. The molecular weight excluding hydrogens is 430 g/mol. The lowest BCUT2D eigenvalue weighted by atomic mass is 10.1. The number of carbonyl (C=O) groups excluding carboxylic acids is 2. The minimum atomic E-state index is -4.02. The molecule has 0 fully saturated rings. The van der Waals surface area contributed by atoms with Crippen LogP contribution in [0.4, 0.5) is 14.5 Å². The predicted molar refractivity (Wildman–Crippen MR) is 110 cm³/mol. The highest BCUT2D eigenvalue weighted by Crippen LogP contribution is 2.22. The first kappa shape index (κ1) is 22.3. The number of halogens is 2. The zero-order valence-corrected chi connectivity index (χ0v) is 17.4. The topological polar surface area (TPSA) is 92.8 Å². The Morgan fingerprint density at radius 3 is 2.35 bits per heavy atom. The number of amides is 1. The molecule has 3 rings (SSSR count). The van der Waals surface area contributed by atoms with E-state index in [0.29, 0.717) is 11.5 Å². The van der Waals surface area contributed by atoms with Crippen LogP contribution in [0.1, 0.15) is 10.4 Å². The van der Waals surface area contributed by atoms with Crippen molar-refractivity contribution in [3.05, 3.63) is 71.8 Å². The third kappa shape index (κ3) is 4.70. The first-order valence-electron chi connectivity index (χ1n) is 8.96. The molecule has 10 heteroatoms. The van der Waals surface area contributed by atoms with Crippen LogP contribution in [0.2, 0.25) is 0 Å². The van der Waals surface area contributed by atoms with Gasteiger partial charge in [0.25, 0.3) is 0 Å². The summed E-state index contributed by atoms with van der Waals surface area (Å²) in [6.45, 7) is -0.639. The fraction of sp³-hybridized carbons (Fsp3) is 0.143. The second kappa shape index (κ2) is 8.78. The van der Waals surface area contributed by atoms with Crippen LogP contribution in [0.5, 0.6) is 0 Å². The maximum Gasteiger partial charge on any atom is 0.340 e. The fourth-order valence-electron chi connectivity index (χ4n) is 2.90. The summed E-state index contributed by atoms with van der Waals surface area (Å²) >= 11 is 0. The highest BCUT2D eigenvalue weighted by Gasteiger charge is 2.24. The lowest BCUT2D eigenvalue weighted by Crippen LogP contribution is -2.35. The zero-order chi connectivity index (χ0) is 22.8. The molecule has 0 heterocycles. The molecule has 3 aromatic rings. The molecule has 7 nitrogen and oxygen atoms in total. The summed E-state index contributed by atoms with van der Waals surface area (Å²) in [4.78, 5) is 23.9. The number of likely N-dealkylation sites (N-methyl/N-ethyl adjacent to an activating group) is 1. The van der Waals surface area contributed by atoms with Crippen LogP contribution in [-0.4, -0.2) is 45.3 Å². The summed E-state index contributed by atoms with van der Waals surface area (Å²) in [7, 11) is -1.79. The highest BCUT2D eigenvalue weighted by molar-refractivity contribution is 7.89. The maximum absolute atomic E-state index is 14.0. The largest absolute Gasteiger partial charge is 0.465 e. The summed E-state index contributed by atoms with van der Waals surface area (Å²) in [5.41, 5.74) is -1.06. The molecule has 0 aliphatic heterocycles.